The average Bonchev–Trinajstić information content (AvgIpc) is 2.80. The Hall–Kier alpha value is -0.490. The lowest BCUT2D eigenvalue weighted by molar-refractivity contribution is 0.220. The second-order valence-electron chi connectivity index (χ2n) is 5.09. The molecule has 1 aromatic rings. The van der Waals surface area contributed by atoms with Gasteiger partial charge in [-0.1, -0.05) is 0 Å². The van der Waals surface area contributed by atoms with Crippen LogP contribution in [-0.2, 0) is 0 Å². The fourth-order valence-electron chi connectivity index (χ4n) is 2.58. The van der Waals surface area contributed by atoms with Gasteiger partial charge < -0.3 is 10.6 Å². The Balaban J connectivity index is 2.10. The molecule has 1 aliphatic rings. The fourth-order valence-corrected chi connectivity index (χ4v) is 2.96. The Morgan fingerprint density at radius 2 is 2.33 bits per heavy atom. The van der Waals surface area contributed by atoms with E-state index in [1.165, 1.54) is 12.0 Å². The van der Waals surface area contributed by atoms with Crippen molar-refractivity contribution < 1.29 is 0 Å². The molecule has 0 radical (unpaired) electrons. The molecule has 2 N–H and O–H groups in total. The lowest BCUT2D eigenvalue weighted by Gasteiger charge is -2.28. The van der Waals surface area contributed by atoms with Crippen molar-refractivity contribution in [3.8, 4) is 0 Å². The van der Waals surface area contributed by atoms with Gasteiger partial charge in [0.25, 0.3) is 0 Å². The van der Waals surface area contributed by atoms with Gasteiger partial charge >= 0.3 is 0 Å². The highest BCUT2D eigenvalue weighted by Gasteiger charge is 2.29. The van der Waals surface area contributed by atoms with E-state index >= 15 is 0 Å². The van der Waals surface area contributed by atoms with Crippen LogP contribution < -0.4 is 5.73 Å². The molecule has 100 valence electrons. The van der Waals surface area contributed by atoms with Gasteiger partial charge in [0.15, 0.2) is 0 Å². The molecule has 0 aromatic carbocycles. The molecule has 0 bridgehead atoms. The molecule has 0 aliphatic carbocycles. The van der Waals surface area contributed by atoms with E-state index in [9.17, 15) is 0 Å². The van der Waals surface area contributed by atoms with Gasteiger partial charge in [0.2, 0.25) is 0 Å². The van der Waals surface area contributed by atoms with Crippen LogP contribution in [0.4, 0.5) is 0 Å². The molecule has 2 atom stereocenters. The largest absolute Gasteiger partial charge is 0.329 e. The van der Waals surface area contributed by atoms with E-state index in [1.54, 1.807) is 0 Å². The van der Waals surface area contributed by atoms with Crippen LogP contribution in [0.15, 0.2) is 22.9 Å². The number of aromatic nitrogens is 1. The van der Waals surface area contributed by atoms with Crippen molar-refractivity contribution >= 4 is 15.9 Å². The van der Waals surface area contributed by atoms with Crippen LogP contribution in [0.5, 0.6) is 0 Å². The summed E-state index contributed by atoms with van der Waals surface area (Å²) in [6.45, 7) is 2.83. The number of nitrogens with two attached hydrogens (primary N) is 1. The predicted molar refractivity (Wildman–Crippen MR) is 77.4 cm³/mol. The lowest BCUT2D eigenvalue weighted by Crippen LogP contribution is -2.36. The summed E-state index contributed by atoms with van der Waals surface area (Å²) in [5.41, 5.74) is 7.16. The minimum Gasteiger partial charge on any atom is -0.329 e. The zero-order valence-electron chi connectivity index (χ0n) is 11.0. The van der Waals surface area contributed by atoms with E-state index in [4.69, 9.17) is 5.73 Å². The third-order valence-corrected chi connectivity index (χ3v) is 4.13. The topological polar surface area (TPSA) is 45.4 Å². The van der Waals surface area contributed by atoms with E-state index < -0.39 is 0 Å². The Morgan fingerprint density at radius 1 is 1.56 bits per heavy atom. The van der Waals surface area contributed by atoms with Crippen molar-refractivity contribution in [1.29, 1.82) is 0 Å². The molecule has 1 fully saturated rings. The quantitative estimate of drug-likeness (QED) is 0.914. The summed E-state index contributed by atoms with van der Waals surface area (Å²) in [7, 11) is 4.29. The molecule has 0 amide bonds. The SMILES string of the molecule is CN(C)C1CCN(C(CN)c2cncc(Br)c2)C1. The van der Waals surface area contributed by atoms with Crippen LogP contribution in [0.3, 0.4) is 0 Å². The summed E-state index contributed by atoms with van der Waals surface area (Å²) in [6.07, 6.45) is 4.94. The predicted octanol–water partition coefficient (Wildman–Crippen LogP) is 1.48. The van der Waals surface area contributed by atoms with Gasteiger partial charge in [-0.05, 0) is 48.1 Å². The zero-order valence-corrected chi connectivity index (χ0v) is 12.6. The number of likely N-dealkylation sites (N-methyl/N-ethyl adjacent to an activating group) is 1. The summed E-state index contributed by atoms with van der Waals surface area (Å²) >= 11 is 3.47. The number of hydrogen-bond acceptors (Lipinski definition) is 4. The summed E-state index contributed by atoms with van der Waals surface area (Å²) in [5.74, 6) is 0. The third-order valence-electron chi connectivity index (χ3n) is 3.70. The van der Waals surface area contributed by atoms with Gasteiger partial charge in [0.1, 0.15) is 0 Å². The Morgan fingerprint density at radius 3 is 2.89 bits per heavy atom. The van der Waals surface area contributed by atoms with E-state index in [0.717, 1.165) is 17.6 Å². The second kappa shape index (κ2) is 6.10. The van der Waals surface area contributed by atoms with Crippen molar-refractivity contribution in [2.24, 2.45) is 5.73 Å². The smallest absolute Gasteiger partial charge is 0.0486 e. The van der Waals surface area contributed by atoms with E-state index in [1.807, 2.05) is 12.4 Å². The highest BCUT2D eigenvalue weighted by atomic mass is 79.9. The number of rotatable bonds is 4. The normalized spacial score (nSPS) is 22.6. The van der Waals surface area contributed by atoms with Gasteiger partial charge in [0, 0.05) is 48.6 Å². The summed E-state index contributed by atoms with van der Waals surface area (Å²) in [5, 5.41) is 0. The highest BCUT2D eigenvalue weighted by Crippen LogP contribution is 2.26. The van der Waals surface area contributed by atoms with Crippen molar-refractivity contribution in [1.82, 2.24) is 14.8 Å². The molecule has 2 rings (SSSR count). The van der Waals surface area contributed by atoms with Crippen molar-refractivity contribution in [2.75, 3.05) is 33.7 Å². The molecule has 5 heteroatoms. The van der Waals surface area contributed by atoms with Gasteiger partial charge in [-0.25, -0.2) is 0 Å². The average molecular weight is 313 g/mol. The number of nitrogens with zero attached hydrogens (tertiary/aromatic N) is 3. The number of pyridine rings is 1. The third kappa shape index (κ3) is 3.09. The monoisotopic (exact) mass is 312 g/mol. The Bertz CT molecular complexity index is 396. The maximum Gasteiger partial charge on any atom is 0.0486 e. The maximum absolute atomic E-state index is 5.96. The van der Waals surface area contributed by atoms with Gasteiger partial charge in [-0.2, -0.15) is 0 Å². The van der Waals surface area contributed by atoms with Gasteiger partial charge in [0.05, 0.1) is 0 Å². The molecule has 1 aliphatic heterocycles. The van der Waals surface area contributed by atoms with Crippen molar-refractivity contribution in [3.63, 3.8) is 0 Å². The summed E-state index contributed by atoms with van der Waals surface area (Å²) in [6, 6.07) is 3.03. The first-order valence-corrected chi connectivity index (χ1v) is 7.12. The Labute approximate surface area is 117 Å². The molecule has 1 aromatic heterocycles. The zero-order chi connectivity index (χ0) is 13.1. The number of hydrogen-bond donors (Lipinski definition) is 1. The molecule has 18 heavy (non-hydrogen) atoms. The van der Waals surface area contributed by atoms with Crippen LogP contribution >= 0.6 is 15.9 Å². The first kappa shape index (κ1) is 13.9. The minimum absolute atomic E-state index is 0.278. The molecule has 0 spiro atoms. The van der Waals surface area contributed by atoms with Crippen LogP contribution in [0, 0.1) is 0 Å². The molecule has 1 saturated heterocycles. The fraction of sp³-hybridized carbons (Fsp3) is 0.615. The van der Waals surface area contributed by atoms with Crippen LogP contribution in [0.2, 0.25) is 0 Å². The van der Waals surface area contributed by atoms with E-state index in [0.29, 0.717) is 12.6 Å². The highest BCUT2D eigenvalue weighted by molar-refractivity contribution is 9.10. The molecular formula is C13H21BrN4. The summed E-state index contributed by atoms with van der Waals surface area (Å²) < 4.78 is 1.02. The van der Waals surface area contributed by atoms with Gasteiger partial charge in [-0.3, -0.25) is 9.88 Å². The van der Waals surface area contributed by atoms with Crippen LogP contribution in [0.1, 0.15) is 18.0 Å². The van der Waals surface area contributed by atoms with E-state index in [2.05, 4.69) is 50.9 Å². The van der Waals surface area contributed by atoms with Crippen molar-refractivity contribution in [2.45, 2.75) is 18.5 Å². The van der Waals surface area contributed by atoms with Crippen molar-refractivity contribution in [3.05, 3.63) is 28.5 Å². The first-order chi connectivity index (χ1) is 8.61. The maximum atomic E-state index is 5.96. The molecular weight excluding hydrogens is 292 g/mol. The first-order valence-electron chi connectivity index (χ1n) is 6.33. The standard InChI is InChI=1S/C13H21BrN4/c1-17(2)12-3-4-18(9-12)13(6-15)10-5-11(14)8-16-7-10/h5,7-8,12-13H,3-4,6,9,15H2,1-2H3. The van der Waals surface area contributed by atoms with Crippen LogP contribution in [-0.4, -0.2) is 54.6 Å². The molecule has 0 saturated carbocycles. The van der Waals surface area contributed by atoms with E-state index in [-0.39, 0.29) is 6.04 Å². The molecule has 4 nitrogen and oxygen atoms in total. The second-order valence-corrected chi connectivity index (χ2v) is 6.00. The number of likely N-dealkylation sites (tertiary alicyclic amines) is 1. The summed E-state index contributed by atoms with van der Waals surface area (Å²) in [4.78, 5) is 9.00. The van der Waals surface area contributed by atoms with Gasteiger partial charge in [-0.15, -0.1) is 0 Å². The Kier molecular flexibility index (Phi) is 4.72. The lowest BCUT2D eigenvalue weighted by atomic mass is 10.1. The van der Waals surface area contributed by atoms with Crippen LogP contribution in [0.25, 0.3) is 0 Å². The number of halogens is 1. The molecule has 2 heterocycles. The molecule has 2 unspecified atom stereocenters. The minimum atomic E-state index is 0.278.